The first-order valence-electron chi connectivity index (χ1n) is 10.5. The van der Waals surface area contributed by atoms with Gasteiger partial charge in [0.2, 0.25) is 0 Å². The van der Waals surface area contributed by atoms with Crippen molar-refractivity contribution in [2.24, 2.45) is 0 Å². The molecule has 166 valence electrons. The molecule has 5 nitrogen and oxygen atoms in total. The molecule has 0 bridgehead atoms. The fourth-order valence-corrected chi connectivity index (χ4v) is 4.95. The van der Waals surface area contributed by atoms with Gasteiger partial charge in [0, 0.05) is 15.9 Å². The van der Waals surface area contributed by atoms with Crippen LogP contribution < -0.4 is 16.0 Å². The predicted octanol–water partition coefficient (Wildman–Crippen LogP) is 6.86. The van der Waals surface area contributed by atoms with Crippen LogP contribution in [-0.2, 0) is 0 Å². The Hall–Kier alpha value is -2.02. The van der Waals surface area contributed by atoms with E-state index in [1.54, 1.807) is 23.5 Å². The molecule has 1 aromatic carbocycles. The third-order valence-electron chi connectivity index (χ3n) is 5.37. The molecule has 0 aliphatic heterocycles. The number of urea groups is 1. The Bertz CT molecular complexity index is 980. The summed E-state index contributed by atoms with van der Waals surface area (Å²) in [5.41, 5.74) is 2.58. The van der Waals surface area contributed by atoms with Crippen LogP contribution in [0.15, 0.2) is 35.9 Å². The Labute approximate surface area is 197 Å². The molecule has 31 heavy (non-hydrogen) atoms. The molecule has 0 atom stereocenters. The first-order chi connectivity index (χ1) is 14.8. The van der Waals surface area contributed by atoms with Crippen molar-refractivity contribution < 1.29 is 4.79 Å². The van der Waals surface area contributed by atoms with E-state index in [1.165, 1.54) is 11.3 Å². The molecule has 0 spiro atoms. The number of benzene rings is 1. The summed E-state index contributed by atoms with van der Waals surface area (Å²) in [5, 5.41) is 18.8. The highest BCUT2D eigenvalue weighted by atomic mass is 35.5. The van der Waals surface area contributed by atoms with Gasteiger partial charge in [-0.3, -0.25) is 0 Å². The van der Waals surface area contributed by atoms with E-state index in [0.717, 1.165) is 41.8 Å². The van der Waals surface area contributed by atoms with Gasteiger partial charge in [-0.1, -0.05) is 42.5 Å². The number of thiophene rings is 1. The lowest BCUT2D eigenvalue weighted by Crippen LogP contribution is -2.44. The smallest absolute Gasteiger partial charge is 0.315 e. The van der Waals surface area contributed by atoms with E-state index in [0.29, 0.717) is 21.4 Å². The monoisotopic (exact) mass is 478 g/mol. The molecule has 4 N–H and O–H groups in total. The number of anilines is 1. The Kier molecular flexibility index (Phi) is 8.41. The largest absolute Gasteiger partial charge is 0.353 e. The number of halogens is 2. The summed E-state index contributed by atoms with van der Waals surface area (Å²) >= 11 is 14.0. The number of hydrogen-bond acceptors (Lipinski definition) is 4. The zero-order valence-electron chi connectivity index (χ0n) is 17.8. The third-order valence-corrected chi connectivity index (χ3v) is 6.94. The standard InChI is InChI=1S/C23H28Cl2N4OS/c1-14-8-11-21(31-14)22(29-20-10-9-16(24)12-18(20)25)15(2)19(26)13-27-23(30)28-17-6-4-3-5-7-17/h8-12,17,26,29H,3-7,13H2,1-2H3,(H2,27,28,30)/b22-15-,26-19?. The van der Waals surface area contributed by atoms with Gasteiger partial charge in [-0.15, -0.1) is 11.3 Å². The van der Waals surface area contributed by atoms with Crippen LogP contribution in [0.25, 0.3) is 5.70 Å². The van der Waals surface area contributed by atoms with Crippen LogP contribution in [0.4, 0.5) is 10.5 Å². The molecular weight excluding hydrogens is 451 g/mol. The summed E-state index contributed by atoms with van der Waals surface area (Å²) in [6.45, 7) is 4.07. The van der Waals surface area contributed by atoms with E-state index in [4.69, 9.17) is 28.6 Å². The number of hydrogen-bond donors (Lipinski definition) is 4. The molecular formula is C23H28Cl2N4OS. The van der Waals surface area contributed by atoms with E-state index in [2.05, 4.69) is 16.0 Å². The second-order valence-corrected chi connectivity index (χ2v) is 9.93. The Balaban J connectivity index is 1.73. The highest BCUT2D eigenvalue weighted by molar-refractivity contribution is 7.13. The van der Waals surface area contributed by atoms with Crippen LogP contribution in [0.3, 0.4) is 0 Å². The maximum absolute atomic E-state index is 12.3. The van der Waals surface area contributed by atoms with E-state index in [9.17, 15) is 4.79 Å². The van der Waals surface area contributed by atoms with Crippen LogP contribution in [0, 0.1) is 12.3 Å². The Morgan fingerprint density at radius 2 is 1.90 bits per heavy atom. The summed E-state index contributed by atoms with van der Waals surface area (Å²) in [4.78, 5) is 14.4. The lowest BCUT2D eigenvalue weighted by Gasteiger charge is -2.23. The third kappa shape index (κ3) is 6.73. The maximum atomic E-state index is 12.3. The van der Waals surface area contributed by atoms with Crippen molar-refractivity contribution in [2.45, 2.75) is 52.0 Å². The van der Waals surface area contributed by atoms with Crippen molar-refractivity contribution >= 4 is 57.7 Å². The summed E-state index contributed by atoms with van der Waals surface area (Å²) in [7, 11) is 0. The minimum Gasteiger partial charge on any atom is -0.353 e. The van der Waals surface area contributed by atoms with Crippen molar-refractivity contribution in [3.63, 3.8) is 0 Å². The Morgan fingerprint density at radius 1 is 1.16 bits per heavy atom. The van der Waals surface area contributed by atoms with Crippen molar-refractivity contribution in [1.82, 2.24) is 10.6 Å². The maximum Gasteiger partial charge on any atom is 0.315 e. The zero-order valence-corrected chi connectivity index (χ0v) is 20.1. The van der Waals surface area contributed by atoms with Gasteiger partial charge < -0.3 is 21.4 Å². The predicted molar refractivity (Wildman–Crippen MR) is 133 cm³/mol. The SMILES string of the molecule is C/C(C(=N)CNC(=O)NC1CCCCC1)=C(/Nc1ccc(Cl)cc1Cl)c1ccc(C)s1. The number of carbonyl (C=O) groups is 1. The van der Waals surface area contributed by atoms with Gasteiger partial charge in [0.15, 0.2) is 0 Å². The molecule has 8 heteroatoms. The van der Waals surface area contributed by atoms with Crippen LogP contribution in [-0.4, -0.2) is 24.3 Å². The first-order valence-corrected chi connectivity index (χ1v) is 12.0. The molecule has 2 amide bonds. The van der Waals surface area contributed by atoms with Crippen molar-refractivity contribution in [3.05, 3.63) is 55.7 Å². The first kappa shape index (κ1) is 23.6. The number of nitrogens with one attached hydrogen (secondary N) is 4. The van der Waals surface area contributed by atoms with Crippen molar-refractivity contribution in [3.8, 4) is 0 Å². The second-order valence-electron chi connectivity index (χ2n) is 7.80. The number of rotatable bonds is 7. The van der Waals surface area contributed by atoms with Crippen molar-refractivity contribution in [1.29, 1.82) is 5.41 Å². The van der Waals surface area contributed by atoms with Gasteiger partial charge >= 0.3 is 6.03 Å². The lowest BCUT2D eigenvalue weighted by atomic mass is 9.96. The zero-order chi connectivity index (χ0) is 22.4. The average molecular weight is 479 g/mol. The van der Waals surface area contributed by atoms with Gasteiger partial charge in [-0.25, -0.2) is 4.79 Å². The normalized spacial score (nSPS) is 15.2. The summed E-state index contributed by atoms with van der Waals surface area (Å²) in [6, 6.07) is 9.34. The minimum absolute atomic E-state index is 0.147. The quantitative estimate of drug-likeness (QED) is 0.328. The number of aryl methyl sites for hydroxylation is 1. The van der Waals surface area contributed by atoms with E-state index in [1.807, 2.05) is 32.0 Å². The van der Waals surface area contributed by atoms with Crippen LogP contribution in [0.2, 0.25) is 10.0 Å². The molecule has 1 aliphatic carbocycles. The van der Waals surface area contributed by atoms with Crippen molar-refractivity contribution in [2.75, 3.05) is 11.9 Å². The van der Waals surface area contributed by atoms with E-state index < -0.39 is 0 Å². The van der Waals surface area contributed by atoms with Gasteiger partial charge in [-0.05, 0) is 62.6 Å². The Morgan fingerprint density at radius 3 is 2.55 bits per heavy atom. The average Bonchev–Trinajstić information content (AvgIpc) is 3.17. The summed E-state index contributed by atoms with van der Waals surface area (Å²) < 4.78 is 0. The molecule has 0 radical (unpaired) electrons. The van der Waals surface area contributed by atoms with Crippen LogP contribution >= 0.6 is 34.5 Å². The fourth-order valence-electron chi connectivity index (χ4n) is 3.57. The van der Waals surface area contributed by atoms with Gasteiger partial charge in [0.05, 0.1) is 33.5 Å². The molecule has 1 aliphatic rings. The summed E-state index contributed by atoms with van der Waals surface area (Å²) in [6.07, 6.45) is 5.61. The molecule has 3 rings (SSSR count). The highest BCUT2D eigenvalue weighted by Crippen LogP contribution is 2.32. The molecule has 1 heterocycles. The van der Waals surface area contributed by atoms with E-state index >= 15 is 0 Å². The minimum atomic E-state index is -0.216. The fraction of sp³-hybridized carbons (Fsp3) is 0.391. The molecule has 0 unspecified atom stereocenters. The van der Waals surface area contributed by atoms with Gasteiger partial charge in [0.1, 0.15) is 0 Å². The molecule has 1 saturated carbocycles. The van der Waals surface area contributed by atoms with E-state index in [-0.39, 0.29) is 18.6 Å². The molecule has 2 aromatic rings. The van der Waals surface area contributed by atoms with Crippen LogP contribution in [0.1, 0.15) is 48.8 Å². The second kappa shape index (κ2) is 11.0. The number of carbonyl (C=O) groups excluding carboxylic acids is 1. The topological polar surface area (TPSA) is 77.0 Å². The van der Waals surface area contributed by atoms with Gasteiger partial charge in [-0.2, -0.15) is 0 Å². The lowest BCUT2D eigenvalue weighted by molar-refractivity contribution is 0.234. The number of amides is 2. The summed E-state index contributed by atoms with van der Waals surface area (Å²) in [5.74, 6) is 0. The molecule has 0 saturated heterocycles. The highest BCUT2D eigenvalue weighted by Gasteiger charge is 2.17. The van der Waals surface area contributed by atoms with Gasteiger partial charge in [0.25, 0.3) is 0 Å². The molecule has 1 aromatic heterocycles. The molecule has 1 fully saturated rings. The van der Waals surface area contributed by atoms with Crippen LogP contribution in [0.5, 0.6) is 0 Å².